The number of nitrogens with one attached hydrogen (secondary N) is 1. The van der Waals surface area contributed by atoms with E-state index in [1.165, 1.54) is 45.1 Å². The molecule has 1 atom stereocenters. The average Bonchev–Trinajstić information content (AvgIpc) is 3.23. The van der Waals surface area contributed by atoms with Crippen LogP contribution in [-0.2, 0) is 17.6 Å². The number of thiophene rings is 1. The lowest BCUT2D eigenvalue weighted by Gasteiger charge is -2.15. The monoisotopic (exact) mass is 397 g/mol. The van der Waals surface area contributed by atoms with Gasteiger partial charge in [-0.2, -0.15) is 0 Å². The van der Waals surface area contributed by atoms with E-state index in [1.807, 2.05) is 6.92 Å². The number of carbonyl (C=O) groups excluding carboxylic acids is 1. The standard InChI is InChI=1S/C21H23N3OS2/c1-12-7-8-15(9-13(12)2)14(3)24-18(25)10-26-20-19-16-5-4-6-17(16)27-21(19)23-11-22-20/h7-9,11,14H,4-6,10H2,1-3H3,(H,24,25)/t14-/m1/s1. The first-order valence-electron chi connectivity index (χ1n) is 9.27. The Bertz CT molecular complexity index is 1010. The van der Waals surface area contributed by atoms with Gasteiger partial charge in [0.1, 0.15) is 16.2 Å². The van der Waals surface area contributed by atoms with Gasteiger partial charge in [-0.25, -0.2) is 9.97 Å². The Labute approximate surface area is 167 Å². The van der Waals surface area contributed by atoms with Gasteiger partial charge in [0.2, 0.25) is 5.91 Å². The van der Waals surface area contributed by atoms with Crippen molar-refractivity contribution >= 4 is 39.2 Å². The minimum atomic E-state index is -0.00628. The smallest absolute Gasteiger partial charge is 0.230 e. The predicted molar refractivity (Wildman–Crippen MR) is 113 cm³/mol. The van der Waals surface area contributed by atoms with Gasteiger partial charge in [-0.15, -0.1) is 11.3 Å². The molecule has 1 N–H and O–H groups in total. The van der Waals surface area contributed by atoms with Crippen LogP contribution in [0.15, 0.2) is 29.6 Å². The molecule has 1 aromatic carbocycles. The van der Waals surface area contributed by atoms with Crippen molar-refractivity contribution in [3.8, 4) is 0 Å². The number of fused-ring (bicyclic) bond motifs is 3. The Hall–Kier alpha value is -1.92. The molecule has 140 valence electrons. The Morgan fingerprint density at radius 1 is 1.26 bits per heavy atom. The second-order valence-electron chi connectivity index (χ2n) is 7.14. The first kappa shape index (κ1) is 18.4. The summed E-state index contributed by atoms with van der Waals surface area (Å²) in [5, 5.41) is 5.22. The molecule has 27 heavy (non-hydrogen) atoms. The van der Waals surface area contributed by atoms with Crippen molar-refractivity contribution in [3.63, 3.8) is 0 Å². The highest BCUT2D eigenvalue weighted by Crippen LogP contribution is 2.39. The molecule has 4 rings (SSSR count). The van der Waals surface area contributed by atoms with Crippen molar-refractivity contribution < 1.29 is 4.79 Å². The molecule has 0 saturated heterocycles. The number of thioether (sulfide) groups is 1. The molecule has 4 nitrogen and oxygen atoms in total. The Morgan fingerprint density at radius 2 is 2.11 bits per heavy atom. The first-order valence-corrected chi connectivity index (χ1v) is 11.1. The topological polar surface area (TPSA) is 54.9 Å². The van der Waals surface area contributed by atoms with Crippen molar-refractivity contribution in [3.05, 3.63) is 51.7 Å². The summed E-state index contributed by atoms with van der Waals surface area (Å²) < 4.78 is 0. The first-order chi connectivity index (χ1) is 13.0. The van der Waals surface area contributed by atoms with Crippen LogP contribution < -0.4 is 5.32 Å². The molecule has 2 aromatic heterocycles. The van der Waals surface area contributed by atoms with Gasteiger partial charge in [0, 0.05) is 10.3 Å². The van der Waals surface area contributed by atoms with Gasteiger partial charge in [-0.1, -0.05) is 30.0 Å². The van der Waals surface area contributed by atoms with Crippen molar-refractivity contribution in [1.29, 1.82) is 0 Å². The number of rotatable bonds is 5. The molecule has 1 aliphatic carbocycles. The molecule has 3 aromatic rings. The molecule has 0 fully saturated rings. The largest absolute Gasteiger partial charge is 0.349 e. The van der Waals surface area contributed by atoms with E-state index in [4.69, 9.17) is 0 Å². The Balaban J connectivity index is 1.44. The van der Waals surface area contributed by atoms with Crippen LogP contribution in [0.4, 0.5) is 0 Å². The summed E-state index contributed by atoms with van der Waals surface area (Å²) in [6.45, 7) is 6.23. The van der Waals surface area contributed by atoms with E-state index in [2.05, 4.69) is 47.3 Å². The Kier molecular flexibility index (Phi) is 5.19. The highest BCUT2D eigenvalue weighted by molar-refractivity contribution is 8.00. The summed E-state index contributed by atoms with van der Waals surface area (Å²) >= 11 is 3.30. The second kappa shape index (κ2) is 7.60. The van der Waals surface area contributed by atoms with Crippen molar-refractivity contribution in [2.24, 2.45) is 0 Å². The lowest BCUT2D eigenvalue weighted by atomic mass is 10.0. The van der Waals surface area contributed by atoms with Crippen molar-refractivity contribution in [2.45, 2.75) is 51.1 Å². The highest BCUT2D eigenvalue weighted by atomic mass is 32.2. The average molecular weight is 398 g/mol. The molecular weight excluding hydrogens is 374 g/mol. The number of hydrogen-bond acceptors (Lipinski definition) is 5. The number of benzene rings is 1. The van der Waals surface area contributed by atoms with E-state index in [-0.39, 0.29) is 11.9 Å². The molecule has 2 heterocycles. The van der Waals surface area contributed by atoms with Gasteiger partial charge in [0.05, 0.1) is 11.8 Å². The number of aromatic nitrogens is 2. The number of hydrogen-bond donors (Lipinski definition) is 1. The summed E-state index contributed by atoms with van der Waals surface area (Å²) in [7, 11) is 0. The SMILES string of the molecule is Cc1ccc([C@@H](C)NC(=O)CSc2ncnc3sc4c(c23)CCC4)cc1C. The van der Waals surface area contributed by atoms with Crippen molar-refractivity contribution in [2.75, 3.05) is 5.75 Å². The summed E-state index contributed by atoms with van der Waals surface area (Å²) in [4.78, 5) is 23.9. The maximum atomic E-state index is 12.5. The number of aryl methyl sites for hydroxylation is 4. The maximum absolute atomic E-state index is 12.5. The molecule has 0 radical (unpaired) electrons. The third-order valence-electron chi connectivity index (χ3n) is 5.22. The lowest BCUT2D eigenvalue weighted by Crippen LogP contribution is -2.28. The number of carbonyl (C=O) groups is 1. The van der Waals surface area contributed by atoms with Gasteiger partial charge in [0.15, 0.2) is 0 Å². The van der Waals surface area contributed by atoms with Crippen LogP contribution in [0.25, 0.3) is 10.2 Å². The van der Waals surface area contributed by atoms with Gasteiger partial charge < -0.3 is 5.32 Å². The Morgan fingerprint density at radius 3 is 2.93 bits per heavy atom. The normalized spacial score (nSPS) is 14.3. The van der Waals surface area contributed by atoms with E-state index in [0.29, 0.717) is 5.75 Å². The van der Waals surface area contributed by atoms with Crippen molar-refractivity contribution in [1.82, 2.24) is 15.3 Å². The van der Waals surface area contributed by atoms with Crippen LogP contribution in [-0.4, -0.2) is 21.6 Å². The fraction of sp³-hybridized carbons (Fsp3) is 0.381. The van der Waals surface area contributed by atoms with E-state index in [1.54, 1.807) is 17.7 Å². The molecule has 0 aliphatic heterocycles. The van der Waals surface area contributed by atoms with Gasteiger partial charge in [-0.05, 0) is 62.3 Å². The molecular formula is C21H23N3OS2. The summed E-state index contributed by atoms with van der Waals surface area (Å²) in [6, 6.07) is 6.34. The van der Waals surface area contributed by atoms with Crippen LogP contribution >= 0.6 is 23.1 Å². The fourth-order valence-electron chi connectivity index (χ4n) is 3.54. The zero-order chi connectivity index (χ0) is 19.0. The second-order valence-corrected chi connectivity index (χ2v) is 9.19. The zero-order valence-corrected chi connectivity index (χ0v) is 17.5. The third kappa shape index (κ3) is 3.73. The van der Waals surface area contributed by atoms with Crippen LogP contribution in [0.1, 0.15) is 46.5 Å². The summed E-state index contributed by atoms with van der Waals surface area (Å²) in [6.07, 6.45) is 5.08. The summed E-state index contributed by atoms with van der Waals surface area (Å²) in [5.41, 5.74) is 5.06. The van der Waals surface area contributed by atoms with E-state index in [9.17, 15) is 4.79 Å². The minimum Gasteiger partial charge on any atom is -0.349 e. The maximum Gasteiger partial charge on any atom is 0.230 e. The molecule has 1 amide bonds. The highest BCUT2D eigenvalue weighted by Gasteiger charge is 2.21. The van der Waals surface area contributed by atoms with E-state index < -0.39 is 0 Å². The molecule has 0 bridgehead atoms. The van der Waals surface area contributed by atoms with E-state index in [0.717, 1.165) is 28.3 Å². The van der Waals surface area contributed by atoms with Gasteiger partial charge in [-0.3, -0.25) is 4.79 Å². The van der Waals surface area contributed by atoms with Crippen LogP contribution in [0.3, 0.4) is 0 Å². The summed E-state index contributed by atoms with van der Waals surface area (Å²) in [5.74, 6) is 0.399. The quantitative estimate of drug-likeness (QED) is 0.498. The molecule has 0 saturated carbocycles. The van der Waals surface area contributed by atoms with Gasteiger partial charge >= 0.3 is 0 Å². The molecule has 0 unspecified atom stereocenters. The van der Waals surface area contributed by atoms with Crippen LogP contribution in [0, 0.1) is 13.8 Å². The number of amides is 1. The van der Waals surface area contributed by atoms with Gasteiger partial charge in [0.25, 0.3) is 0 Å². The minimum absolute atomic E-state index is 0.00628. The van der Waals surface area contributed by atoms with Crippen LogP contribution in [0.2, 0.25) is 0 Å². The third-order valence-corrected chi connectivity index (χ3v) is 7.40. The molecule has 0 spiro atoms. The molecule has 6 heteroatoms. The number of nitrogens with zero attached hydrogens (tertiary/aromatic N) is 2. The zero-order valence-electron chi connectivity index (χ0n) is 15.8. The predicted octanol–water partition coefficient (Wildman–Crippen LogP) is 4.77. The fourth-order valence-corrected chi connectivity index (χ4v) is 5.67. The lowest BCUT2D eigenvalue weighted by molar-refractivity contribution is -0.119. The van der Waals surface area contributed by atoms with Crippen LogP contribution in [0.5, 0.6) is 0 Å². The molecule has 1 aliphatic rings. The van der Waals surface area contributed by atoms with E-state index >= 15 is 0 Å².